The highest BCUT2D eigenvalue weighted by molar-refractivity contribution is 6.04. The number of phenols is 1. The number of rotatable bonds is 19. The van der Waals surface area contributed by atoms with Gasteiger partial charge in [-0.25, -0.2) is 0 Å². The highest BCUT2D eigenvalue weighted by Crippen LogP contribution is 2.60. The number of hydrogen-bond acceptors (Lipinski definition) is 9. The lowest BCUT2D eigenvalue weighted by Gasteiger charge is -2.37. The van der Waals surface area contributed by atoms with E-state index >= 15 is 0 Å². The van der Waals surface area contributed by atoms with Crippen molar-refractivity contribution in [3.8, 4) is 11.5 Å². The molecule has 0 radical (unpaired) electrons. The quantitative estimate of drug-likeness (QED) is 0.0638. The van der Waals surface area contributed by atoms with Gasteiger partial charge in [-0.2, -0.15) is 11.6 Å². The number of aliphatic imine (C=N–C) groups is 1. The van der Waals surface area contributed by atoms with Gasteiger partial charge in [-0.15, -0.1) is 4.99 Å². The molecule has 4 fully saturated rings. The Hall–Kier alpha value is -2.53. The van der Waals surface area contributed by atoms with Crippen LogP contribution in [0.15, 0.2) is 46.5 Å². The Kier molecular flexibility index (Phi) is 13.6. The number of nitrogens with one attached hydrogen (secondary N) is 1. The molecule has 7 rings (SSSR count). The summed E-state index contributed by atoms with van der Waals surface area (Å²) < 4.78 is 12.5. The van der Waals surface area contributed by atoms with E-state index in [-0.39, 0.29) is 25.1 Å². The standard InChI is InChI=1S/C46H69N3O6/c1-31(51)27-48-28-37-35-9-8-10-38(35)46(19-6-7-20-46)26-40-36(37)25-39(49-40)42(53)30-54-44-23-32(13-15-41(44)52)12-14-34-24-33(29-50)43(55-34)11-2-3-16-45(21-22-47)17-4-5-18-45/h13,15,23-25,31,35,37-38,42-43,48,50-53H,2-12,14,16-22,26-30,47H2,1H3. The van der Waals surface area contributed by atoms with Crippen molar-refractivity contribution in [3.05, 3.63) is 59.2 Å². The molecule has 6 unspecified atom stereocenters. The predicted molar refractivity (Wildman–Crippen MR) is 217 cm³/mol. The Bertz CT molecular complexity index is 1510. The topological polar surface area (TPSA) is 150 Å². The van der Waals surface area contributed by atoms with E-state index in [9.17, 15) is 20.4 Å². The molecule has 6 atom stereocenters. The number of nitrogens with zero attached hydrogens (tertiary/aromatic N) is 1. The van der Waals surface area contributed by atoms with Crippen LogP contribution in [0.3, 0.4) is 0 Å². The summed E-state index contributed by atoms with van der Waals surface area (Å²) >= 11 is 0. The number of hydrogen-bond donors (Lipinski definition) is 6. The van der Waals surface area contributed by atoms with Gasteiger partial charge in [-0.3, -0.25) is 0 Å². The fraction of sp³-hybridized carbons (Fsp3) is 0.717. The van der Waals surface area contributed by atoms with Crippen molar-refractivity contribution in [2.75, 3.05) is 32.8 Å². The molecule has 7 N–H and O–H groups in total. The number of aromatic hydroxyl groups is 1. The summed E-state index contributed by atoms with van der Waals surface area (Å²) in [7, 11) is 0. The van der Waals surface area contributed by atoms with Gasteiger partial charge >= 0.3 is 0 Å². The van der Waals surface area contributed by atoms with E-state index in [1.54, 1.807) is 6.07 Å². The van der Waals surface area contributed by atoms with Crippen molar-refractivity contribution in [2.24, 2.45) is 39.3 Å². The first-order valence-electron chi connectivity index (χ1n) is 21.9. The van der Waals surface area contributed by atoms with E-state index in [2.05, 4.69) is 11.4 Å². The maximum Gasteiger partial charge on any atom is 0.190 e. The molecule has 1 aromatic rings. The van der Waals surface area contributed by atoms with Crippen LogP contribution >= 0.6 is 0 Å². The largest absolute Gasteiger partial charge is 0.504 e. The van der Waals surface area contributed by atoms with Gasteiger partial charge in [0.15, 0.2) is 29.4 Å². The van der Waals surface area contributed by atoms with Crippen LogP contribution in [0, 0.1) is 40.7 Å². The third-order valence-corrected chi connectivity index (χ3v) is 14.5. The molecule has 9 nitrogen and oxygen atoms in total. The molecule has 2 heterocycles. The monoisotopic (exact) mass is 760 g/mol. The first kappa shape index (κ1) is 40.7. The highest BCUT2D eigenvalue weighted by atomic mass is 16.5. The van der Waals surface area contributed by atoms with Gasteiger partial charge in [-0.05, 0) is 118 Å². The van der Waals surface area contributed by atoms with Crippen LogP contribution in [0.2, 0.25) is 0 Å². The van der Waals surface area contributed by atoms with Crippen LogP contribution in [0.4, 0.5) is 0 Å². The van der Waals surface area contributed by atoms with Gasteiger partial charge < -0.3 is 41.0 Å². The summed E-state index contributed by atoms with van der Waals surface area (Å²) in [6, 6.07) is 6.06. The van der Waals surface area contributed by atoms with E-state index in [1.165, 1.54) is 89.0 Å². The van der Waals surface area contributed by atoms with Crippen LogP contribution < -0.4 is 15.8 Å². The van der Waals surface area contributed by atoms with E-state index in [0.717, 1.165) is 61.7 Å². The molecule has 9 heteroatoms. The molecule has 1 aromatic carbocycles. The number of aliphatic hydroxyl groups excluding tert-OH is 3. The third-order valence-electron chi connectivity index (χ3n) is 14.5. The molecular weight excluding hydrogens is 691 g/mol. The highest BCUT2D eigenvalue weighted by Gasteiger charge is 2.57. The zero-order valence-corrected chi connectivity index (χ0v) is 33.5. The molecule has 0 aromatic heterocycles. The van der Waals surface area contributed by atoms with Crippen LogP contribution in [0.5, 0.6) is 11.5 Å². The SMILES string of the molecule is CC(O)CNCC1C2=C[C+](C(O)COc3cc(CC[C-]4C=C(CO)C(CCCCC5(CCN)CCCC5)O4)ccc3O)N=C2CC2(CCCC2)C2CCCC12. The molecule has 2 aliphatic heterocycles. The molecule has 4 aliphatic carbocycles. The minimum absolute atomic E-state index is 0.00679. The zero-order valence-electron chi connectivity index (χ0n) is 33.5. The van der Waals surface area contributed by atoms with Gasteiger partial charge in [0.05, 0.1) is 24.5 Å². The van der Waals surface area contributed by atoms with Crippen molar-refractivity contribution in [1.29, 1.82) is 0 Å². The lowest BCUT2D eigenvalue weighted by molar-refractivity contribution is 0.101. The predicted octanol–water partition coefficient (Wildman–Crippen LogP) is 7.26. The number of ether oxygens (including phenoxy) is 2. The number of aryl methyl sites for hydroxylation is 1. The summed E-state index contributed by atoms with van der Waals surface area (Å²) in [5.74, 6) is 2.01. The van der Waals surface area contributed by atoms with Crippen molar-refractivity contribution < 1.29 is 29.9 Å². The molecule has 304 valence electrons. The van der Waals surface area contributed by atoms with E-state index in [4.69, 9.17) is 20.2 Å². The lowest BCUT2D eigenvalue weighted by Crippen LogP contribution is -2.37. The molecular formula is C46H69N3O6. The summed E-state index contributed by atoms with van der Waals surface area (Å²) in [6.07, 6.45) is 25.8. The fourth-order valence-electron chi connectivity index (χ4n) is 11.7. The number of fused-ring (bicyclic) bond motifs is 3. The molecule has 1 spiro atoms. The molecule has 6 aliphatic rings. The number of benzene rings is 1. The maximum atomic E-state index is 11.5. The number of nitrogens with two attached hydrogens (primary N) is 1. The Balaban J connectivity index is 0.930. The Morgan fingerprint density at radius 3 is 2.64 bits per heavy atom. The maximum absolute atomic E-state index is 11.5. The summed E-state index contributed by atoms with van der Waals surface area (Å²) in [5.41, 5.74) is 11.1. The van der Waals surface area contributed by atoms with Crippen LogP contribution in [0.1, 0.15) is 128 Å². The van der Waals surface area contributed by atoms with Gasteiger partial charge in [-0.1, -0.05) is 63.5 Å². The van der Waals surface area contributed by atoms with Crippen molar-refractivity contribution in [2.45, 2.75) is 147 Å². The lowest BCUT2D eigenvalue weighted by atomic mass is 9.66. The first-order chi connectivity index (χ1) is 26.7. The van der Waals surface area contributed by atoms with E-state index < -0.39 is 12.2 Å². The Labute approximate surface area is 330 Å². The first-order valence-corrected chi connectivity index (χ1v) is 21.9. The van der Waals surface area contributed by atoms with E-state index in [0.29, 0.717) is 59.8 Å². The normalized spacial score (nSPS) is 27.8. The van der Waals surface area contributed by atoms with Gasteiger partial charge in [0, 0.05) is 25.8 Å². The summed E-state index contributed by atoms with van der Waals surface area (Å²) in [6.45, 7) is 3.98. The number of unbranched alkanes of at least 4 members (excludes halogenated alkanes) is 1. The fourth-order valence-corrected chi connectivity index (χ4v) is 11.7. The van der Waals surface area contributed by atoms with Gasteiger partial charge in [0.25, 0.3) is 0 Å². The van der Waals surface area contributed by atoms with Crippen LogP contribution in [-0.4, -0.2) is 77.3 Å². The Morgan fingerprint density at radius 2 is 1.87 bits per heavy atom. The zero-order chi connectivity index (χ0) is 38.4. The molecule has 0 bridgehead atoms. The molecule has 0 amide bonds. The second-order valence-electron chi connectivity index (χ2n) is 18.2. The van der Waals surface area contributed by atoms with Gasteiger partial charge in [0.1, 0.15) is 12.2 Å². The van der Waals surface area contributed by atoms with Crippen molar-refractivity contribution in [1.82, 2.24) is 5.32 Å². The minimum atomic E-state index is -0.925. The smallest absolute Gasteiger partial charge is 0.190 e. The van der Waals surface area contributed by atoms with E-state index in [1.807, 2.05) is 25.1 Å². The van der Waals surface area contributed by atoms with Crippen LogP contribution in [-0.2, 0) is 11.2 Å². The second-order valence-corrected chi connectivity index (χ2v) is 18.2. The van der Waals surface area contributed by atoms with Crippen LogP contribution in [0.25, 0.3) is 0 Å². The third kappa shape index (κ3) is 9.45. The summed E-state index contributed by atoms with van der Waals surface area (Å²) in [5, 5.41) is 45.8. The molecule has 0 saturated heterocycles. The molecule has 4 saturated carbocycles. The Morgan fingerprint density at radius 1 is 1.07 bits per heavy atom. The minimum Gasteiger partial charge on any atom is -0.504 e. The average Bonchev–Trinajstić information content (AvgIpc) is 4.02. The van der Waals surface area contributed by atoms with Gasteiger partial charge in [0.2, 0.25) is 0 Å². The number of aliphatic hydroxyl groups is 3. The number of phenolic OH excluding ortho intramolecular Hbond substituents is 1. The van der Waals surface area contributed by atoms with Crippen molar-refractivity contribution in [3.63, 3.8) is 0 Å². The average molecular weight is 760 g/mol. The van der Waals surface area contributed by atoms with Crippen molar-refractivity contribution >= 4 is 5.71 Å². The second kappa shape index (κ2) is 18.4. The summed E-state index contributed by atoms with van der Waals surface area (Å²) in [4.78, 5) is 5.13. The molecule has 55 heavy (non-hydrogen) atoms.